The summed E-state index contributed by atoms with van der Waals surface area (Å²) in [6.45, 7) is -0.273. The van der Waals surface area contributed by atoms with Crippen LogP contribution in [0.1, 0.15) is 38.8 Å². The number of ether oxygens (including phenoxy) is 2. The minimum absolute atomic E-state index is 0.138. The van der Waals surface area contributed by atoms with Gasteiger partial charge < -0.3 is 35.4 Å². The van der Waals surface area contributed by atoms with Gasteiger partial charge in [-0.2, -0.15) is 0 Å². The van der Waals surface area contributed by atoms with Crippen LogP contribution in [0.25, 0.3) is 0 Å². The predicted molar refractivity (Wildman–Crippen MR) is 111 cm³/mol. The van der Waals surface area contributed by atoms with Crippen LogP contribution in [0.15, 0.2) is 42.5 Å². The van der Waals surface area contributed by atoms with Crippen molar-refractivity contribution in [2.24, 2.45) is 0 Å². The number of hydrogen-bond acceptors (Lipinski definition) is 7. The topological polar surface area (TPSA) is 137 Å². The Kier molecular flexibility index (Phi) is 7.24. The number of benzene rings is 2. The Morgan fingerprint density at radius 1 is 1.03 bits per heavy atom. The smallest absolute Gasteiger partial charge is 0.251 e. The number of aliphatic hydroxyl groups excluding tert-OH is 3. The number of carbonyl (C=O) groups excluding carboxylic acids is 2. The van der Waals surface area contributed by atoms with Gasteiger partial charge in [0.1, 0.15) is 23.7 Å². The van der Waals surface area contributed by atoms with Gasteiger partial charge in [-0.05, 0) is 35.9 Å². The van der Waals surface area contributed by atoms with Crippen LogP contribution in [0.5, 0.6) is 11.5 Å². The molecule has 2 aromatic carbocycles. The molecule has 2 amide bonds. The van der Waals surface area contributed by atoms with E-state index in [-0.39, 0.29) is 41.7 Å². The van der Waals surface area contributed by atoms with Crippen LogP contribution in [-0.4, -0.2) is 66.1 Å². The van der Waals surface area contributed by atoms with Crippen molar-refractivity contribution in [3.63, 3.8) is 0 Å². The summed E-state index contributed by atoms with van der Waals surface area (Å²) >= 11 is 0. The average Bonchev–Trinajstić information content (AvgIpc) is 2.79. The highest BCUT2D eigenvalue weighted by Crippen LogP contribution is 2.34. The molecule has 1 fully saturated rings. The maximum absolute atomic E-state index is 12.1. The first kappa shape index (κ1) is 22.7. The van der Waals surface area contributed by atoms with Crippen LogP contribution < -0.4 is 15.4 Å². The molecule has 1 aliphatic heterocycles. The molecule has 9 heteroatoms. The fourth-order valence-corrected chi connectivity index (χ4v) is 3.45. The lowest BCUT2D eigenvalue weighted by molar-refractivity contribution is -0.179. The standard InChI is InChI=1S/C22H26N2O7/c1-23-21(28)13-6-14(22(29)24-2)9-16(8-13)30-15-5-3-4-12(7-15)20-19(27)18(26)10-17(11-25)31-20/h3-9,17-20,25-27H,10-11H2,1-2H3,(H,23,28)(H,24,29)/t17?,18?,19?,20-/m1/s1. The van der Waals surface area contributed by atoms with Crippen molar-refractivity contribution < 1.29 is 34.4 Å². The molecule has 5 N–H and O–H groups in total. The Morgan fingerprint density at radius 2 is 1.68 bits per heavy atom. The summed E-state index contributed by atoms with van der Waals surface area (Å²) in [5.41, 5.74) is 1.07. The van der Waals surface area contributed by atoms with Gasteiger partial charge in [0.05, 0.1) is 18.8 Å². The van der Waals surface area contributed by atoms with E-state index in [1.807, 2.05) is 0 Å². The van der Waals surface area contributed by atoms with E-state index in [1.165, 1.54) is 32.3 Å². The molecule has 166 valence electrons. The highest BCUT2D eigenvalue weighted by atomic mass is 16.5. The molecule has 3 unspecified atom stereocenters. The molecule has 0 aromatic heterocycles. The van der Waals surface area contributed by atoms with Crippen molar-refractivity contribution in [3.8, 4) is 11.5 Å². The zero-order valence-electron chi connectivity index (χ0n) is 17.2. The van der Waals surface area contributed by atoms with Gasteiger partial charge in [-0.1, -0.05) is 12.1 Å². The van der Waals surface area contributed by atoms with Gasteiger partial charge in [0, 0.05) is 31.6 Å². The number of amides is 2. The third-order valence-electron chi connectivity index (χ3n) is 5.06. The second kappa shape index (κ2) is 9.88. The van der Waals surface area contributed by atoms with Gasteiger partial charge in [-0.15, -0.1) is 0 Å². The molecule has 1 heterocycles. The summed E-state index contributed by atoms with van der Waals surface area (Å²) in [5, 5.41) is 34.8. The molecule has 3 rings (SSSR count). The molecule has 0 spiro atoms. The van der Waals surface area contributed by atoms with Crippen LogP contribution in [0.4, 0.5) is 0 Å². The van der Waals surface area contributed by atoms with E-state index in [2.05, 4.69) is 10.6 Å². The lowest BCUT2D eigenvalue weighted by Gasteiger charge is -2.36. The maximum atomic E-state index is 12.1. The monoisotopic (exact) mass is 430 g/mol. The Morgan fingerprint density at radius 3 is 2.26 bits per heavy atom. The SMILES string of the molecule is CNC(=O)c1cc(Oc2cccc([C@H]3OC(CO)CC(O)C3O)c2)cc(C(=O)NC)c1. The average molecular weight is 430 g/mol. The number of rotatable bonds is 6. The second-order valence-corrected chi connectivity index (χ2v) is 7.23. The summed E-state index contributed by atoms with van der Waals surface area (Å²) < 4.78 is 11.6. The molecule has 0 radical (unpaired) electrons. The number of hydrogen-bond donors (Lipinski definition) is 5. The van der Waals surface area contributed by atoms with E-state index in [4.69, 9.17) is 9.47 Å². The fraction of sp³-hybridized carbons (Fsp3) is 0.364. The maximum Gasteiger partial charge on any atom is 0.251 e. The Balaban J connectivity index is 1.90. The molecular weight excluding hydrogens is 404 g/mol. The number of aliphatic hydroxyl groups is 3. The molecule has 9 nitrogen and oxygen atoms in total. The van der Waals surface area contributed by atoms with Gasteiger partial charge in [0.25, 0.3) is 11.8 Å². The van der Waals surface area contributed by atoms with Crippen molar-refractivity contribution in [3.05, 3.63) is 59.2 Å². The van der Waals surface area contributed by atoms with Crippen molar-refractivity contribution in [1.29, 1.82) is 0 Å². The van der Waals surface area contributed by atoms with Crippen LogP contribution in [0, 0.1) is 0 Å². The van der Waals surface area contributed by atoms with E-state index >= 15 is 0 Å². The first-order valence-electron chi connectivity index (χ1n) is 9.85. The van der Waals surface area contributed by atoms with Crippen LogP contribution in [0.2, 0.25) is 0 Å². The van der Waals surface area contributed by atoms with Gasteiger partial charge in [-0.25, -0.2) is 0 Å². The Hall–Kier alpha value is -2.98. The zero-order chi connectivity index (χ0) is 22.5. The molecule has 31 heavy (non-hydrogen) atoms. The molecule has 1 aliphatic rings. The highest BCUT2D eigenvalue weighted by Gasteiger charge is 2.37. The summed E-state index contributed by atoms with van der Waals surface area (Å²) in [6, 6.07) is 11.2. The summed E-state index contributed by atoms with van der Waals surface area (Å²) in [6.07, 6.45) is -3.48. The Labute approximate surface area is 179 Å². The van der Waals surface area contributed by atoms with Crippen LogP contribution >= 0.6 is 0 Å². The summed E-state index contributed by atoms with van der Waals surface area (Å²) in [4.78, 5) is 24.2. The van der Waals surface area contributed by atoms with E-state index in [0.29, 0.717) is 11.3 Å². The van der Waals surface area contributed by atoms with E-state index in [1.54, 1.807) is 24.3 Å². The minimum atomic E-state index is -1.16. The zero-order valence-corrected chi connectivity index (χ0v) is 17.2. The molecule has 4 atom stereocenters. The molecule has 1 saturated heterocycles. The highest BCUT2D eigenvalue weighted by molar-refractivity contribution is 6.00. The van der Waals surface area contributed by atoms with Crippen molar-refractivity contribution in [1.82, 2.24) is 10.6 Å². The Bertz CT molecular complexity index is 915. The lowest BCUT2D eigenvalue weighted by Crippen LogP contribution is -2.44. The lowest BCUT2D eigenvalue weighted by atomic mass is 9.93. The predicted octanol–water partition coefficient (Wildman–Crippen LogP) is 0.742. The summed E-state index contributed by atoms with van der Waals surface area (Å²) in [5.74, 6) is -0.0831. The van der Waals surface area contributed by atoms with Crippen LogP contribution in [-0.2, 0) is 4.74 Å². The second-order valence-electron chi connectivity index (χ2n) is 7.23. The summed E-state index contributed by atoms with van der Waals surface area (Å²) in [7, 11) is 2.98. The van der Waals surface area contributed by atoms with Crippen molar-refractivity contribution >= 4 is 11.8 Å². The van der Waals surface area contributed by atoms with Gasteiger partial charge in [-0.3, -0.25) is 9.59 Å². The molecule has 2 aromatic rings. The third kappa shape index (κ3) is 5.20. The van der Waals surface area contributed by atoms with Crippen molar-refractivity contribution in [2.75, 3.05) is 20.7 Å². The third-order valence-corrected chi connectivity index (χ3v) is 5.06. The molecular formula is C22H26N2O7. The van der Waals surface area contributed by atoms with Crippen LogP contribution in [0.3, 0.4) is 0 Å². The van der Waals surface area contributed by atoms with Gasteiger partial charge in [0.2, 0.25) is 0 Å². The molecule has 0 aliphatic carbocycles. The quantitative estimate of drug-likeness (QED) is 0.456. The first-order valence-corrected chi connectivity index (χ1v) is 9.85. The van der Waals surface area contributed by atoms with Gasteiger partial charge in [0.15, 0.2) is 0 Å². The van der Waals surface area contributed by atoms with E-state index < -0.39 is 24.4 Å². The minimum Gasteiger partial charge on any atom is -0.457 e. The molecule has 0 bridgehead atoms. The van der Waals surface area contributed by atoms with Crippen molar-refractivity contribution in [2.45, 2.75) is 30.8 Å². The van der Waals surface area contributed by atoms with E-state index in [9.17, 15) is 24.9 Å². The fourth-order valence-electron chi connectivity index (χ4n) is 3.45. The van der Waals surface area contributed by atoms with Gasteiger partial charge >= 0.3 is 0 Å². The largest absolute Gasteiger partial charge is 0.457 e. The normalized spacial score (nSPS) is 23.1. The number of nitrogens with one attached hydrogen (secondary N) is 2. The van der Waals surface area contributed by atoms with E-state index in [0.717, 1.165) is 0 Å². The molecule has 0 saturated carbocycles. The number of carbonyl (C=O) groups is 2. The first-order chi connectivity index (χ1) is 14.9.